The molecular formula is C21H37ClN2O8S. The number of halogens is 1. The molecule has 10 nitrogen and oxygen atoms in total. The number of rotatable bonds is 9. The molecule has 9 atom stereocenters. The second kappa shape index (κ2) is 13.3. The average Bonchev–Trinajstić information content (AvgIpc) is 2.99. The van der Waals surface area contributed by atoms with Gasteiger partial charge >= 0.3 is 6.09 Å². The Morgan fingerprint density at radius 3 is 2.48 bits per heavy atom. The molecule has 2 amide bonds. The van der Waals surface area contributed by atoms with Crippen LogP contribution in [-0.2, 0) is 14.3 Å². The number of nitrogens with one attached hydrogen (secondary N) is 1. The zero-order valence-corrected chi connectivity index (χ0v) is 20.9. The largest absolute Gasteiger partial charge is 0.465 e. The highest BCUT2D eigenvalue weighted by molar-refractivity contribution is 7.99. The fourth-order valence-corrected chi connectivity index (χ4v) is 5.45. The summed E-state index contributed by atoms with van der Waals surface area (Å²) in [6, 6.07) is -1.82. The topological polar surface area (TPSA) is 149 Å². The van der Waals surface area contributed by atoms with Crippen LogP contribution in [-0.4, -0.2) is 111 Å². The molecule has 12 heteroatoms. The molecule has 0 saturated carbocycles. The minimum Gasteiger partial charge on any atom is -0.465 e. The number of alkyl halides is 1. The zero-order valence-electron chi connectivity index (χ0n) is 19.3. The lowest BCUT2D eigenvalue weighted by Crippen LogP contribution is -2.65. The van der Waals surface area contributed by atoms with Crippen LogP contribution in [0.3, 0.4) is 0 Å². The zero-order chi connectivity index (χ0) is 24.7. The first-order valence-corrected chi connectivity index (χ1v) is 13.0. The van der Waals surface area contributed by atoms with Gasteiger partial charge in [0.1, 0.15) is 35.9 Å². The van der Waals surface area contributed by atoms with Crippen molar-refractivity contribution in [2.45, 2.75) is 86.3 Å². The molecule has 2 heterocycles. The Morgan fingerprint density at radius 1 is 1.21 bits per heavy atom. The Labute approximate surface area is 203 Å². The normalized spacial score (nSPS) is 34.9. The minimum absolute atomic E-state index is 0.244. The van der Waals surface area contributed by atoms with Crippen molar-refractivity contribution in [1.29, 1.82) is 0 Å². The van der Waals surface area contributed by atoms with Crippen molar-refractivity contribution in [2.24, 2.45) is 5.92 Å². The monoisotopic (exact) mass is 512 g/mol. The average molecular weight is 513 g/mol. The third-order valence-electron chi connectivity index (χ3n) is 6.51. The molecule has 33 heavy (non-hydrogen) atoms. The molecule has 0 bridgehead atoms. The number of hydrogen-bond acceptors (Lipinski definition) is 8. The van der Waals surface area contributed by atoms with E-state index in [1.807, 2.05) is 0 Å². The van der Waals surface area contributed by atoms with Crippen LogP contribution in [0.1, 0.15) is 39.0 Å². The van der Waals surface area contributed by atoms with Gasteiger partial charge in [-0.05, 0) is 51.2 Å². The summed E-state index contributed by atoms with van der Waals surface area (Å²) in [5, 5.41) is 42.7. The fraction of sp³-hybridized carbons (Fsp3) is 0.905. The lowest BCUT2D eigenvalue weighted by atomic mass is 9.92. The van der Waals surface area contributed by atoms with E-state index in [-0.39, 0.29) is 6.54 Å². The van der Waals surface area contributed by atoms with Crippen molar-refractivity contribution < 1.29 is 39.5 Å². The number of aliphatic hydroxyl groups is 3. The van der Waals surface area contributed by atoms with E-state index in [9.17, 15) is 30.0 Å². The Hall–Kier alpha value is -0.820. The third kappa shape index (κ3) is 7.33. The summed E-state index contributed by atoms with van der Waals surface area (Å²) in [5.74, 6) is -0.227. The molecule has 0 aliphatic carbocycles. The van der Waals surface area contributed by atoms with E-state index in [0.717, 1.165) is 29.5 Å². The summed E-state index contributed by atoms with van der Waals surface area (Å²) in [4.78, 5) is 26.3. The minimum atomic E-state index is -1.48. The molecule has 0 aromatic carbocycles. The Bertz CT molecular complexity index is 643. The first kappa shape index (κ1) is 28.4. The molecule has 2 aliphatic heterocycles. The highest BCUT2D eigenvalue weighted by Gasteiger charge is 2.48. The van der Waals surface area contributed by atoms with E-state index in [1.165, 1.54) is 0 Å². The number of carboxylic acid groups (broad SMARTS) is 1. The van der Waals surface area contributed by atoms with Gasteiger partial charge in [-0.3, -0.25) is 9.69 Å². The lowest BCUT2D eigenvalue weighted by molar-refractivity contribution is -0.205. The van der Waals surface area contributed by atoms with Crippen LogP contribution >= 0.6 is 23.4 Å². The molecule has 192 valence electrons. The second-order valence-electron chi connectivity index (χ2n) is 8.75. The molecule has 0 spiro atoms. The van der Waals surface area contributed by atoms with Gasteiger partial charge in [0.15, 0.2) is 0 Å². The predicted octanol–water partition coefficient (Wildman–Crippen LogP) is 0.844. The SMILES string of the molecule is COCCCC1CCC(C(=O)NC(C(C)Cl)C2OC(SC)C(O)C(O)C2O)N(C(=O)O)CC1. The molecule has 5 N–H and O–H groups in total. The maximum atomic E-state index is 13.2. The molecule has 0 radical (unpaired) electrons. The highest BCUT2D eigenvalue weighted by atomic mass is 35.5. The van der Waals surface area contributed by atoms with Gasteiger partial charge in [0.2, 0.25) is 5.91 Å². The van der Waals surface area contributed by atoms with Crippen LogP contribution in [0.4, 0.5) is 4.79 Å². The van der Waals surface area contributed by atoms with Crippen molar-refractivity contribution in [3.63, 3.8) is 0 Å². The van der Waals surface area contributed by atoms with Gasteiger partial charge in [0, 0.05) is 20.3 Å². The van der Waals surface area contributed by atoms with E-state index < -0.39 is 59.3 Å². The van der Waals surface area contributed by atoms with Gasteiger partial charge in [-0.25, -0.2) is 4.79 Å². The third-order valence-corrected chi connectivity index (χ3v) is 7.63. The highest BCUT2D eigenvalue weighted by Crippen LogP contribution is 2.31. The summed E-state index contributed by atoms with van der Waals surface area (Å²) < 4.78 is 10.9. The van der Waals surface area contributed by atoms with Crippen LogP contribution in [0.25, 0.3) is 0 Å². The van der Waals surface area contributed by atoms with Crippen LogP contribution in [0.2, 0.25) is 0 Å². The van der Waals surface area contributed by atoms with Gasteiger partial charge in [-0.15, -0.1) is 23.4 Å². The van der Waals surface area contributed by atoms with Crippen LogP contribution in [0.5, 0.6) is 0 Å². The maximum absolute atomic E-state index is 13.2. The Balaban J connectivity index is 2.14. The number of hydrogen-bond donors (Lipinski definition) is 5. The van der Waals surface area contributed by atoms with E-state index in [2.05, 4.69) is 5.32 Å². The van der Waals surface area contributed by atoms with Crippen molar-refractivity contribution in [3.05, 3.63) is 0 Å². The molecule has 2 aliphatic rings. The number of nitrogens with zero attached hydrogens (tertiary/aromatic N) is 1. The number of carbonyl (C=O) groups is 2. The molecule has 2 fully saturated rings. The number of ether oxygens (including phenoxy) is 2. The van der Waals surface area contributed by atoms with Crippen LogP contribution in [0.15, 0.2) is 0 Å². The van der Waals surface area contributed by atoms with E-state index in [0.29, 0.717) is 31.8 Å². The quantitative estimate of drug-likeness (QED) is 0.224. The predicted molar refractivity (Wildman–Crippen MR) is 124 cm³/mol. The number of methoxy groups -OCH3 is 1. The molecule has 0 aromatic heterocycles. The standard InChI is InChI=1S/C21H37ClN2O8S/c1-11(22)14(18-16(26)15(25)17(27)20(32-18)33-3)23-19(28)13-7-6-12(5-4-10-31-2)8-9-24(13)21(29)30/h11-18,20,25-27H,4-10H2,1-3H3,(H,23,28)(H,29,30). The van der Waals surface area contributed by atoms with Gasteiger partial charge < -0.3 is 35.2 Å². The molecule has 0 aromatic rings. The van der Waals surface area contributed by atoms with Crippen LogP contribution < -0.4 is 5.32 Å². The molecule has 2 rings (SSSR count). The smallest absolute Gasteiger partial charge is 0.407 e. The van der Waals surface area contributed by atoms with Crippen molar-refractivity contribution >= 4 is 35.4 Å². The van der Waals surface area contributed by atoms with Gasteiger partial charge in [-0.2, -0.15) is 0 Å². The van der Waals surface area contributed by atoms with Gasteiger partial charge in [0.05, 0.1) is 11.4 Å². The summed E-state index contributed by atoms with van der Waals surface area (Å²) in [6.07, 6.45) is -1.31. The van der Waals surface area contributed by atoms with Crippen molar-refractivity contribution in [2.75, 3.05) is 26.5 Å². The second-order valence-corrected chi connectivity index (χ2v) is 10.4. The van der Waals surface area contributed by atoms with E-state index >= 15 is 0 Å². The molecular weight excluding hydrogens is 476 g/mol. The van der Waals surface area contributed by atoms with E-state index in [1.54, 1.807) is 20.3 Å². The Kier molecular flexibility index (Phi) is 11.5. The number of likely N-dealkylation sites (tertiary alicyclic amines) is 1. The number of aliphatic hydroxyl groups excluding tert-OH is 3. The van der Waals surface area contributed by atoms with E-state index in [4.69, 9.17) is 21.1 Å². The summed E-state index contributed by atoms with van der Waals surface area (Å²) in [5.41, 5.74) is -0.815. The number of thioether (sulfide) groups is 1. The lowest BCUT2D eigenvalue weighted by Gasteiger charge is -2.44. The van der Waals surface area contributed by atoms with Crippen LogP contribution in [0, 0.1) is 5.92 Å². The summed E-state index contributed by atoms with van der Waals surface area (Å²) >= 11 is 7.49. The number of carbonyl (C=O) groups excluding carboxylic acids is 1. The summed E-state index contributed by atoms with van der Waals surface area (Å²) in [6.45, 7) is 2.50. The van der Waals surface area contributed by atoms with Gasteiger partial charge in [-0.1, -0.05) is 0 Å². The number of amides is 2. The molecule has 2 saturated heterocycles. The molecule has 9 unspecified atom stereocenters. The fourth-order valence-electron chi connectivity index (χ4n) is 4.56. The summed E-state index contributed by atoms with van der Waals surface area (Å²) in [7, 11) is 1.64. The van der Waals surface area contributed by atoms with Crippen molar-refractivity contribution in [1.82, 2.24) is 10.2 Å². The first-order valence-electron chi connectivity index (χ1n) is 11.3. The van der Waals surface area contributed by atoms with Gasteiger partial charge in [0.25, 0.3) is 0 Å². The first-order chi connectivity index (χ1) is 15.6. The maximum Gasteiger partial charge on any atom is 0.407 e. The Morgan fingerprint density at radius 2 is 1.91 bits per heavy atom. The van der Waals surface area contributed by atoms with Crippen molar-refractivity contribution in [3.8, 4) is 0 Å².